The summed E-state index contributed by atoms with van der Waals surface area (Å²) in [7, 11) is 0. The number of halogens is 4. The molecule has 1 aliphatic carbocycles. The maximum Gasteiger partial charge on any atom is 0.311 e. The molecule has 0 radical (unpaired) electrons. The van der Waals surface area contributed by atoms with Crippen LogP contribution < -0.4 is 10.1 Å². The summed E-state index contributed by atoms with van der Waals surface area (Å²) in [4.78, 5) is 28.9. The van der Waals surface area contributed by atoms with Gasteiger partial charge in [-0.1, -0.05) is 121 Å². The largest absolute Gasteiger partial charge is 0.457 e. The number of rotatable bonds is 9. The van der Waals surface area contributed by atoms with Crippen molar-refractivity contribution in [2.75, 3.05) is 5.32 Å². The number of benzene rings is 4. The lowest BCUT2D eigenvalue weighted by molar-refractivity contribution is -0.149. The third kappa shape index (κ3) is 9.69. The summed E-state index contributed by atoms with van der Waals surface area (Å²) >= 11 is 23.4. The molecular formula is C40H31Cl4N3O4. The molecule has 1 amide bonds. The molecular weight excluding hydrogens is 728 g/mol. The van der Waals surface area contributed by atoms with Gasteiger partial charge in [0.15, 0.2) is 0 Å². The topological polar surface area (TPSA) is 101 Å². The first kappa shape index (κ1) is 37.4. The standard InChI is InChI=1S/C22H19Cl2NO3.C18H12Cl2N2O/c1-22(2)17(12-19(23)24)20(22)21(26)28-18(13-25)14-7-6-10-16(11-14)27-15-8-4-3-5-9-15;19-13-9-7-12(8-10-13)14-4-1-2-6-16(14)22-18(23)15-5-3-11-21-17(15)20/h3-12,17-18,20H,1-2H3;1-11H,(H,22,23)/t17-,18+,20-;/m1./s1. The zero-order chi connectivity index (χ0) is 36.5. The number of amides is 1. The van der Waals surface area contributed by atoms with Crippen LogP contribution in [0.4, 0.5) is 5.69 Å². The molecule has 1 aliphatic rings. The fourth-order valence-corrected chi connectivity index (χ4v) is 6.12. The summed E-state index contributed by atoms with van der Waals surface area (Å²) in [6.07, 6.45) is 2.16. The Morgan fingerprint density at radius 1 is 0.882 bits per heavy atom. The Morgan fingerprint density at radius 3 is 2.25 bits per heavy atom. The molecule has 11 heteroatoms. The van der Waals surface area contributed by atoms with Crippen molar-refractivity contribution in [1.82, 2.24) is 4.98 Å². The van der Waals surface area contributed by atoms with Crippen LogP contribution >= 0.6 is 46.4 Å². The first-order chi connectivity index (χ1) is 24.5. The lowest BCUT2D eigenvalue weighted by atomic mass is 10.0. The van der Waals surface area contributed by atoms with E-state index in [1.807, 2.05) is 98.8 Å². The number of carbonyl (C=O) groups excluding carboxylic acids is 2. The number of nitriles is 1. The number of carbonyl (C=O) groups is 2. The minimum atomic E-state index is -1.03. The predicted octanol–water partition coefficient (Wildman–Crippen LogP) is 11.5. The zero-order valence-electron chi connectivity index (χ0n) is 27.4. The molecule has 1 saturated carbocycles. The van der Waals surface area contributed by atoms with Gasteiger partial charge in [0.2, 0.25) is 6.10 Å². The smallest absolute Gasteiger partial charge is 0.311 e. The van der Waals surface area contributed by atoms with E-state index in [2.05, 4.69) is 10.3 Å². The van der Waals surface area contributed by atoms with Gasteiger partial charge in [-0.3, -0.25) is 9.59 Å². The van der Waals surface area contributed by atoms with E-state index in [0.717, 1.165) is 11.1 Å². The summed E-state index contributed by atoms with van der Waals surface area (Å²) in [5, 5.41) is 13.3. The van der Waals surface area contributed by atoms with Crippen LogP contribution in [-0.4, -0.2) is 16.9 Å². The normalized spacial score (nSPS) is 15.9. The number of ether oxygens (including phenoxy) is 2. The van der Waals surface area contributed by atoms with Crippen molar-refractivity contribution in [1.29, 1.82) is 5.26 Å². The highest BCUT2D eigenvalue weighted by Crippen LogP contribution is 2.60. The minimum Gasteiger partial charge on any atom is -0.457 e. The SMILES string of the molecule is CC1(C)[C@H](C=C(Cl)Cl)[C@@H]1C(=O)O[C@@H](C#N)c1cccc(Oc2ccccc2)c1.O=C(Nc1ccccc1-c1ccc(Cl)cc1)c1cccnc1Cl. The van der Waals surface area contributed by atoms with E-state index in [1.54, 1.807) is 48.7 Å². The van der Waals surface area contributed by atoms with Crippen LogP contribution in [0, 0.1) is 28.6 Å². The average Bonchev–Trinajstić information content (AvgIpc) is 3.66. The molecule has 3 atom stereocenters. The van der Waals surface area contributed by atoms with E-state index in [-0.39, 0.29) is 32.8 Å². The molecule has 5 aromatic rings. The molecule has 6 rings (SSSR count). The molecule has 0 unspecified atom stereocenters. The molecule has 7 nitrogen and oxygen atoms in total. The molecule has 0 bridgehead atoms. The van der Waals surface area contributed by atoms with E-state index < -0.39 is 12.1 Å². The summed E-state index contributed by atoms with van der Waals surface area (Å²) in [5.74, 6) is -0.0121. The summed E-state index contributed by atoms with van der Waals surface area (Å²) < 4.78 is 11.4. The predicted molar refractivity (Wildman–Crippen MR) is 202 cm³/mol. The van der Waals surface area contributed by atoms with Gasteiger partial charge in [-0.25, -0.2) is 4.98 Å². The van der Waals surface area contributed by atoms with Crippen molar-refractivity contribution in [3.63, 3.8) is 0 Å². The van der Waals surface area contributed by atoms with Crippen LogP contribution in [0.3, 0.4) is 0 Å². The van der Waals surface area contributed by atoms with Crippen molar-refractivity contribution >= 4 is 64.0 Å². The Labute approximate surface area is 316 Å². The van der Waals surface area contributed by atoms with Crippen molar-refractivity contribution in [3.8, 4) is 28.7 Å². The maximum atomic E-state index is 12.6. The van der Waals surface area contributed by atoms with Crippen molar-refractivity contribution < 1.29 is 19.1 Å². The third-order valence-corrected chi connectivity index (χ3v) is 9.10. The fourth-order valence-electron chi connectivity index (χ4n) is 5.52. The number of anilines is 1. The molecule has 51 heavy (non-hydrogen) atoms. The van der Waals surface area contributed by atoms with Crippen LogP contribution in [0.1, 0.15) is 35.9 Å². The highest BCUT2D eigenvalue weighted by atomic mass is 35.5. The Morgan fingerprint density at radius 2 is 1.57 bits per heavy atom. The van der Waals surface area contributed by atoms with E-state index >= 15 is 0 Å². The van der Waals surface area contributed by atoms with Crippen LogP contribution in [0.15, 0.2) is 132 Å². The van der Waals surface area contributed by atoms with Gasteiger partial charge in [-0.2, -0.15) is 5.26 Å². The summed E-state index contributed by atoms with van der Waals surface area (Å²) in [6, 6.07) is 36.6. The zero-order valence-corrected chi connectivity index (χ0v) is 30.4. The highest BCUT2D eigenvalue weighted by molar-refractivity contribution is 6.55. The van der Waals surface area contributed by atoms with Gasteiger partial charge >= 0.3 is 5.97 Å². The molecule has 1 aromatic heterocycles. The lowest BCUT2D eigenvalue weighted by Gasteiger charge is -2.13. The number of hydrogen-bond donors (Lipinski definition) is 1. The molecule has 1 fully saturated rings. The number of esters is 1. The Bertz CT molecular complexity index is 2080. The second kappa shape index (κ2) is 16.9. The van der Waals surface area contributed by atoms with Gasteiger partial charge in [0.25, 0.3) is 5.91 Å². The van der Waals surface area contributed by atoms with E-state index in [9.17, 15) is 14.9 Å². The van der Waals surface area contributed by atoms with Crippen LogP contribution in [0.5, 0.6) is 11.5 Å². The molecule has 1 N–H and O–H groups in total. The number of nitrogens with zero attached hydrogens (tertiary/aromatic N) is 2. The first-order valence-corrected chi connectivity index (χ1v) is 17.2. The van der Waals surface area contributed by atoms with Gasteiger partial charge in [-0.05, 0) is 77.6 Å². The third-order valence-electron chi connectivity index (χ3n) is 8.30. The number of para-hydroxylation sites is 2. The number of hydrogen-bond acceptors (Lipinski definition) is 6. The second-order valence-electron chi connectivity index (χ2n) is 12.1. The number of nitrogens with one attached hydrogen (secondary N) is 1. The number of allylic oxidation sites excluding steroid dienone is 1. The molecule has 0 aliphatic heterocycles. The van der Waals surface area contributed by atoms with E-state index in [4.69, 9.17) is 55.9 Å². The van der Waals surface area contributed by atoms with Crippen LogP contribution in [0.25, 0.3) is 11.1 Å². The molecule has 258 valence electrons. The summed E-state index contributed by atoms with van der Waals surface area (Å²) in [6.45, 7) is 3.87. The Balaban J connectivity index is 0.000000201. The Hall–Kier alpha value is -4.84. The summed E-state index contributed by atoms with van der Waals surface area (Å²) in [5.41, 5.74) is 3.12. The first-order valence-electron chi connectivity index (χ1n) is 15.7. The number of pyridine rings is 1. The maximum absolute atomic E-state index is 12.6. The van der Waals surface area contributed by atoms with Crippen LogP contribution in [-0.2, 0) is 9.53 Å². The quantitative estimate of drug-likeness (QED) is 0.119. The highest BCUT2D eigenvalue weighted by Gasteiger charge is 2.62. The molecule has 0 spiro atoms. The lowest BCUT2D eigenvalue weighted by Crippen LogP contribution is -2.14. The van der Waals surface area contributed by atoms with Gasteiger partial charge in [0.1, 0.15) is 27.2 Å². The number of aromatic nitrogens is 1. The van der Waals surface area contributed by atoms with E-state index in [1.165, 1.54) is 0 Å². The second-order valence-corrected chi connectivity index (χ2v) is 13.9. The molecule has 1 heterocycles. The van der Waals surface area contributed by atoms with Crippen molar-refractivity contribution in [2.45, 2.75) is 20.0 Å². The van der Waals surface area contributed by atoms with Crippen molar-refractivity contribution in [2.24, 2.45) is 17.3 Å². The molecule has 4 aromatic carbocycles. The van der Waals surface area contributed by atoms with Gasteiger partial charge in [0, 0.05) is 28.0 Å². The fraction of sp³-hybridized carbons (Fsp3) is 0.150. The average molecular weight is 760 g/mol. The van der Waals surface area contributed by atoms with Gasteiger partial charge in [-0.15, -0.1) is 0 Å². The minimum absolute atomic E-state index is 0.114. The monoisotopic (exact) mass is 757 g/mol. The van der Waals surface area contributed by atoms with E-state index in [0.29, 0.717) is 33.3 Å². The van der Waals surface area contributed by atoms with Gasteiger partial charge in [0.05, 0.1) is 11.5 Å². The van der Waals surface area contributed by atoms with Crippen LogP contribution in [0.2, 0.25) is 10.2 Å². The molecule has 0 saturated heterocycles. The Kier molecular flexibility index (Phi) is 12.4. The van der Waals surface area contributed by atoms with Gasteiger partial charge < -0.3 is 14.8 Å². The van der Waals surface area contributed by atoms with Crippen molar-refractivity contribution in [3.05, 3.63) is 153 Å².